The molecule has 2 atom stereocenters. The minimum absolute atomic E-state index is 0.673. The zero-order valence-electron chi connectivity index (χ0n) is 9.38. The number of nitrogens with zero attached hydrogens (tertiary/aromatic N) is 2. The van der Waals surface area contributed by atoms with Crippen molar-refractivity contribution < 1.29 is 0 Å². The maximum Gasteiger partial charge on any atom is 0.0198 e. The summed E-state index contributed by atoms with van der Waals surface area (Å²) in [5.41, 5.74) is 0. The molecule has 1 N–H and O–H groups in total. The first-order valence-corrected chi connectivity index (χ1v) is 5.22. The average Bonchev–Trinajstić information content (AvgIpc) is 2.03. The maximum absolute atomic E-state index is 3.42. The van der Waals surface area contributed by atoms with Gasteiger partial charge in [-0.05, 0) is 27.9 Å². The molecule has 0 spiro atoms. The first-order valence-electron chi connectivity index (χ1n) is 5.22. The molecule has 1 aliphatic heterocycles. The Balaban J connectivity index is 2.39. The predicted octanol–water partition coefficient (Wildman–Crippen LogP) is 0.230. The summed E-state index contributed by atoms with van der Waals surface area (Å²) in [6, 6.07) is 1.36. The molecule has 78 valence electrons. The van der Waals surface area contributed by atoms with Crippen molar-refractivity contribution in [1.82, 2.24) is 15.1 Å². The van der Waals surface area contributed by atoms with Crippen LogP contribution in [0.1, 0.15) is 13.8 Å². The minimum atomic E-state index is 0.673. The Bertz CT molecular complexity index is 147. The number of hydrogen-bond acceptors (Lipinski definition) is 3. The lowest BCUT2D eigenvalue weighted by Crippen LogP contribution is -2.55. The lowest BCUT2D eigenvalue weighted by atomic mass is 10.1. The topological polar surface area (TPSA) is 18.5 Å². The molecule has 1 saturated heterocycles. The van der Waals surface area contributed by atoms with Crippen molar-refractivity contribution in [1.29, 1.82) is 0 Å². The second-order valence-electron chi connectivity index (χ2n) is 4.40. The van der Waals surface area contributed by atoms with Gasteiger partial charge >= 0.3 is 0 Å². The quantitative estimate of drug-likeness (QED) is 0.679. The molecule has 1 rings (SSSR count). The van der Waals surface area contributed by atoms with E-state index in [-0.39, 0.29) is 0 Å². The van der Waals surface area contributed by atoms with Crippen LogP contribution < -0.4 is 5.32 Å². The zero-order chi connectivity index (χ0) is 9.84. The summed E-state index contributed by atoms with van der Waals surface area (Å²) in [7, 11) is 4.28. The van der Waals surface area contributed by atoms with Gasteiger partial charge in [0.2, 0.25) is 0 Å². The van der Waals surface area contributed by atoms with Gasteiger partial charge in [-0.25, -0.2) is 0 Å². The van der Waals surface area contributed by atoms with Gasteiger partial charge in [-0.2, -0.15) is 0 Å². The van der Waals surface area contributed by atoms with Crippen LogP contribution in [-0.4, -0.2) is 62.2 Å². The van der Waals surface area contributed by atoms with Crippen molar-refractivity contribution >= 4 is 0 Å². The predicted molar refractivity (Wildman–Crippen MR) is 57.1 cm³/mol. The van der Waals surface area contributed by atoms with E-state index in [1.807, 2.05) is 0 Å². The van der Waals surface area contributed by atoms with Gasteiger partial charge in [-0.3, -0.25) is 4.90 Å². The Hall–Kier alpha value is -0.120. The van der Waals surface area contributed by atoms with E-state index < -0.39 is 0 Å². The fourth-order valence-corrected chi connectivity index (χ4v) is 2.14. The van der Waals surface area contributed by atoms with Crippen LogP contribution >= 0.6 is 0 Å². The summed E-state index contributed by atoms with van der Waals surface area (Å²) in [4.78, 5) is 4.86. The monoisotopic (exact) mass is 185 g/mol. The third kappa shape index (κ3) is 3.25. The highest BCUT2D eigenvalue weighted by atomic mass is 15.3. The van der Waals surface area contributed by atoms with Crippen LogP contribution in [0.4, 0.5) is 0 Å². The van der Waals surface area contributed by atoms with E-state index in [4.69, 9.17) is 0 Å². The summed E-state index contributed by atoms with van der Waals surface area (Å²) < 4.78 is 0. The van der Waals surface area contributed by atoms with Crippen molar-refractivity contribution in [2.24, 2.45) is 0 Å². The van der Waals surface area contributed by atoms with Gasteiger partial charge in [0.15, 0.2) is 0 Å². The van der Waals surface area contributed by atoms with Crippen molar-refractivity contribution in [3.63, 3.8) is 0 Å². The first-order chi connectivity index (χ1) is 6.11. The normalized spacial score (nSPS) is 27.9. The lowest BCUT2D eigenvalue weighted by Gasteiger charge is -2.39. The number of piperazine rings is 1. The van der Waals surface area contributed by atoms with Gasteiger partial charge in [-0.1, -0.05) is 0 Å². The smallest absolute Gasteiger partial charge is 0.0198 e. The van der Waals surface area contributed by atoms with Crippen molar-refractivity contribution in [3.05, 3.63) is 0 Å². The van der Waals surface area contributed by atoms with E-state index in [1.54, 1.807) is 0 Å². The highest BCUT2D eigenvalue weighted by molar-refractivity contribution is 4.81. The fourth-order valence-electron chi connectivity index (χ4n) is 2.14. The van der Waals surface area contributed by atoms with Gasteiger partial charge in [0, 0.05) is 38.3 Å². The Morgan fingerprint density at radius 3 is 2.77 bits per heavy atom. The molecule has 0 saturated carbocycles. The molecule has 0 amide bonds. The van der Waals surface area contributed by atoms with Crippen LogP contribution in [0.15, 0.2) is 0 Å². The molecular formula is C10H23N3. The van der Waals surface area contributed by atoms with E-state index in [0.717, 1.165) is 19.6 Å². The van der Waals surface area contributed by atoms with Gasteiger partial charge in [0.25, 0.3) is 0 Å². The molecule has 0 aromatic carbocycles. The number of rotatable bonds is 3. The molecule has 3 heteroatoms. The maximum atomic E-state index is 3.42. The van der Waals surface area contributed by atoms with E-state index in [1.165, 1.54) is 6.54 Å². The van der Waals surface area contributed by atoms with Gasteiger partial charge in [-0.15, -0.1) is 0 Å². The third-order valence-corrected chi connectivity index (χ3v) is 2.75. The van der Waals surface area contributed by atoms with E-state index in [0.29, 0.717) is 12.1 Å². The average molecular weight is 185 g/mol. The largest absolute Gasteiger partial charge is 0.314 e. The lowest BCUT2D eigenvalue weighted by molar-refractivity contribution is 0.107. The Morgan fingerprint density at radius 2 is 2.23 bits per heavy atom. The molecule has 0 radical (unpaired) electrons. The summed E-state index contributed by atoms with van der Waals surface area (Å²) in [5.74, 6) is 0. The molecule has 0 aromatic rings. The molecule has 3 nitrogen and oxygen atoms in total. The van der Waals surface area contributed by atoms with E-state index in [9.17, 15) is 0 Å². The fraction of sp³-hybridized carbons (Fsp3) is 1.00. The van der Waals surface area contributed by atoms with Crippen LogP contribution in [0.5, 0.6) is 0 Å². The van der Waals surface area contributed by atoms with Gasteiger partial charge < -0.3 is 10.2 Å². The molecule has 1 aliphatic rings. The third-order valence-electron chi connectivity index (χ3n) is 2.75. The summed E-state index contributed by atoms with van der Waals surface area (Å²) >= 11 is 0. The SMILES string of the molecule is CC1CNCCN1C(C)CN(C)C. The second-order valence-corrected chi connectivity index (χ2v) is 4.40. The van der Waals surface area contributed by atoms with Gasteiger partial charge in [0.05, 0.1) is 0 Å². The Labute approximate surface area is 82.1 Å². The Morgan fingerprint density at radius 1 is 1.54 bits per heavy atom. The first kappa shape index (κ1) is 11.0. The highest BCUT2D eigenvalue weighted by Gasteiger charge is 2.22. The van der Waals surface area contributed by atoms with Crippen molar-refractivity contribution in [2.45, 2.75) is 25.9 Å². The molecule has 1 fully saturated rings. The second kappa shape index (κ2) is 4.94. The molecule has 1 heterocycles. The van der Waals surface area contributed by atoms with Crippen LogP contribution in [0.2, 0.25) is 0 Å². The van der Waals surface area contributed by atoms with E-state index in [2.05, 4.69) is 43.1 Å². The van der Waals surface area contributed by atoms with Crippen LogP contribution in [0.3, 0.4) is 0 Å². The number of likely N-dealkylation sites (N-methyl/N-ethyl adjacent to an activating group) is 1. The molecule has 0 bridgehead atoms. The van der Waals surface area contributed by atoms with Gasteiger partial charge in [0.1, 0.15) is 0 Å². The molecule has 13 heavy (non-hydrogen) atoms. The van der Waals surface area contributed by atoms with Crippen molar-refractivity contribution in [3.8, 4) is 0 Å². The Kier molecular flexibility index (Phi) is 4.16. The van der Waals surface area contributed by atoms with E-state index >= 15 is 0 Å². The number of hydrogen-bond donors (Lipinski definition) is 1. The molecule has 0 aromatic heterocycles. The summed E-state index contributed by atoms with van der Waals surface area (Å²) in [6.45, 7) is 9.25. The molecule has 0 aliphatic carbocycles. The summed E-state index contributed by atoms with van der Waals surface area (Å²) in [6.07, 6.45) is 0. The zero-order valence-corrected chi connectivity index (χ0v) is 9.38. The summed E-state index contributed by atoms with van der Waals surface area (Å²) in [5, 5.41) is 3.42. The standard InChI is InChI=1S/C10H23N3/c1-9-7-11-5-6-13(9)10(2)8-12(3)4/h9-11H,5-8H2,1-4H3. The minimum Gasteiger partial charge on any atom is -0.314 e. The molecule has 2 unspecified atom stereocenters. The van der Waals surface area contributed by atoms with Crippen molar-refractivity contribution in [2.75, 3.05) is 40.3 Å². The highest BCUT2D eigenvalue weighted by Crippen LogP contribution is 2.08. The molecular weight excluding hydrogens is 162 g/mol. The van der Waals surface area contributed by atoms with Crippen LogP contribution in [0, 0.1) is 0 Å². The van der Waals surface area contributed by atoms with Crippen LogP contribution in [0.25, 0.3) is 0 Å². The van der Waals surface area contributed by atoms with Crippen LogP contribution in [-0.2, 0) is 0 Å². The number of nitrogens with one attached hydrogen (secondary N) is 1.